The first-order valence-corrected chi connectivity index (χ1v) is 10.4. The van der Waals surface area contributed by atoms with Gasteiger partial charge in [-0.3, -0.25) is 9.59 Å². The van der Waals surface area contributed by atoms with E-state index in [1.54, 1.807) is 25.1 Å². The van der Waals surface area contributed by atoms with Crippen molar-refractivity contribution < 1.29 is 22.7 Å². The fourth-order valence-corrected chi connectivity index (χ4v) is 4.65. The summed E-state index contributed by atoms with van der Waals surface area (Å²) in [6, 6.07) is 10.2. The van der Waals surface area contributed by atoms with Crippen molar-refractivity contribution in [1.82, 2.24) is 0 Å². The van der Waals surface area contributed by atoms with Crippen LogP contribution in [0.5, 0.6) is 0 Å². The van der Waals surface area contributed by atoms with E-state index in [4.69, 9.17) is 27.9 Å². The lowest BCUT2D eigenvalue weighted by Gasteiger charge is -2.39. The summed E-state index contributed by atoms with van der Waals surface area (Å²) in [6.45, 7) is 1.55. The number of esters is 1. The average Bonchev–Trinajstić information content (AvgIpc) is 2.67. The highest BCUT2D eigenvalue weighted by atomic mass is 35.5. The van der Waals surface area contributed by atoms with Gasteiger partial charge >= 0.3 is 5.97 Å². The number of likely N-dealkylation sites (N-methyl/N-ethyl adjacent to an activating group) is 1. The summed E-state index contributed by atoms with van der Waals surface area (Å²) in [5.41, 5.74) is 0.560. The third kappa shape index (κ3) is 3.43. The van der Waals surface area contributed by atoms with Crippen LogP contribution in [0.3, 0.4) is 0 Å². The van der Waals surface area contributed by atoms with Crippen molar-refractivity contribution in [2.24, 2.45) is 0 Å². The van der Waals surface area contributed by atoms with Crippen LogP contribution < -0.4 is 9.21 Å². The van der Waals surface area contributed by atoms with Crippen LogP contribution in [0, 0.1) is 0 Å². The molecule has 7 nitrogen and oxygen atoms in total. The molecule has 0 N–H and O–H groups in total. The lowest BCUT2D eigenvalue weighted by molar-refractivity contribution is -0.154. The summed E-state index contributed by atoms with van der Waals surface area (Å²) in [5.74, 6) is -1.40. The Bertz CT molecular complexity index is 1060. The smallest absolute Gasteiger partial charge is 0.307 e. The van der Waals surface area contributed by atoms with Crippen molar-refractivity contribution in [2.75, 3.05) is 16.3 Å². The Morgan fingerprint density at radius 2 is 1.75 bits per heavy atom. The van der Waals surface area contributed by atoms with Gasteiger partial charge in [-0.25, -0.2) is 12.7 Å². The second-order valence-electron chi connectivity index (χ2n) is 5.96. The number of hydrogen-bond donors (Lipinski definition) is 0. The van der Waals surface area contributed by atoms with Crippen molar-refractivity contribution in [3.05, 3.63) is 52.5 Å². The number of nitrogens with zero attached hydrogens (tertiary/aromatic N) is 2. The highest BCUT2D eigenvalue weighted by Gasteiger charge is 2.45. The van der Waals surface area contributed by atoms with Crippen molar-refractivity contribution in [1.29, 1.82) is 0 Å². The van der Waals surface area contributed by atoms with Crippen molar-refractivity contribution >= 4 is 56.5 Å². The maximum absolute atomic E-state index is 13.4. The largest absolute Gasteiger partial charge is 0.431 e. The minimum absolute atomic E-state index is 0.0181. The number of halogens is 2. The third-order valence-electron chi connectivity index (χ3n) is 4.21. The molecule has 0 bridgehead atoms. The van der Waals surface area contributed by atoms with Crippen molar-refractivity contribution in [3.63, 3.8) is 0 Å². The molecule has 10 heteroatoms. The number of benzene rings is 2. The van der Waals surface area contributed by atoms with Crippen LogP contribution in [-0.2, 0) is 24.3 Å². The summed E-state index contributed by atoms with van der Waals surface area (Å²) in [7, 11) is -2.83. The molecule has 1 aliphatic heterocycles. The first-order chi connectivity index (χ1) is 13.2. The van der Waals surface area contributed by atoms with Crippen LogP contribution in [0.1, 0.15) is 13.3 Å². The number of para-hydroxylation sites is 2. The number of anilines is 2. The second kappa shape index (κ2) is 7.62. The molecule has 2 aromatic carbocycles. The number of rotatable bonds is 4. The molecule has 1 heterocycles. The molecule has 0 spiro atoms. The Labute approximate surface area is 172 Å². The fourth-order valence-electron chi connectivity index (χ4n) is 2.76. The number of carbonyl (C=O) groups excluding carboxylic acids is 2. The maximum Gasteiger partial charge on any atom is 0.307 e. The second-order valence-corrected chi connectivity index (χ2v) is 8.59. The van der Waals surface area contributed by atoms with E-state index in [0.717, 1.165) is 4.31 Å². The predicted octanol–water partition coefficient (Wildman–Crippen LogP) is 3.44. The number of amides is 1. The lowest BCUT2D eigenvalue weighted by Crippen LogP contribution is -2.56. The molecule has 1 amide bonds. The molecular formula is C18H16Cl2N2O5S. The summed E-state index contributed by atoms with van der Waals surface area (Å²) >= 11 is 11.9. The van der Waals surface area contributed by atoms with E-state index in [9.17, 15) is 18.0 Å². The van der Waals surface area contributed by atoms with Crippen LogP contribution in [-0.4, -0.2) is 33.6 Å². The van der Waals surface area contributed by atoms with Gasteiger partial charge in [0.2, 0.25) is 0 Å². The van der Waals surface area contributed by atoms with Gasteiger partial charge in [0, 0.05) is 13.5 Å². The van der Waals surface area contributed by atoms with Gasteiger partial charge < -0.3 is 9.64 Å². The topological polar surface area (TPSA) is 84.0 Å². The van der Waals surface area contributed by atoms with Gasteiger partial charge in [0.25, 0.3) is 22.2 Å². The Kier molecular flexibility index (Phi) is 5.56. The van der Waals surface area contributed by atoms with E-state index in [-0.39, 0.29) is 27.0 Å². The molecule has 0 radical (unpaired) electrons. The molecule has 1 unspecified atom stereocenters. The van der Waals surface area contributed by atoms with Crippen LogP contribution >= 0.6 is 23.2 Å². The Balaban J connectivity index is 2.22. The Morgan fingerprint density at radius 3 is 2.36 bits per heavy atom. The van der Waals surface area contributed by atoms with Gasteiger partial charge in [0.1, 0.15) is 0 Å². The molecule has 2 aromatic rings. The minimum Gasteiger partial charge on any atom is -0.431 e. The van der Waals surface area contributed by atoms with E-state index < -0.39 is 28.1 Å². The molecular weight excluding hydrogens is 427 g/mol. The van der Waals surface area contributed by atoms with Crippen molar-refractivity contribution in [3.8, 4) is 0 Å². The quantitative estimate of drug-likeness (QED) is 0.676. The molecule has 0 fully saturated rings. The van der Waals surface area contributed by atoms with Crippen LogP contribution in [0.15, 0.2) is 47.4 Å². The zero-order valence-electron chi connectivity index (χ0n) is 14.9. The maximum atomic E-state index is 13.4. The third-order valence-corrected chi connectivity index (χ3v) is 6.71. The van der Waals surface area contributed by atoms with Crippen molar-refractivity contribution in [2.45, 2.75) is 24.5 Å². The number of ether oxygens (including phenoxy) is 1. The SMILES string of the molecule is CCC(=O)OC1C(=O)N(C)c2ccccc2N1S(=O)(=O)c1ccc(Cl)c(Cl)c1. The first kappa shape index (κ1) is 20.4. The zero-order chi connectivity index (χ0) is 20.6. The Morgan fingerprint density at radius 1 is 1.11 bits per heavy atom. The van der Waals surface area contributed by atoms with Crippen LogP contribution in [0.25, 0.3) is 0 Å². The predicted molar refractivity (Wildman–Crippen MR) is 106 cm³/mol. The first-order valence-electron chi connectivity index (χ1n) is 8.24. The summed E-state index contributed by atoms with van der Waals surface area (Å²) in [4.78, 5) is 25.8. The van der Waals surface area contributed by atoms with E-state index >= 15 is 0 Å². The number of sulfonamides is 1. The molecule has 148 valence electrons. The van der Waals surface area contributed by atoms with Gasteiger partial charge in [0.05, 0.1) is 26.3 Å². The molecule has 1 atom stereocenters. The summed E-state index contributed by atoms with van der Waals surface area (Å²) in [5, 5.41) is 0.225. The number of carbonyl (C=O) groups is 2. The van der Waals surface area contributed by atoms with E-state index in [1.165, 1.54) is 36.2 Å². The van der Waals surface area contributed by atoms with Gasteiger partial charge in [-0.1, -0.05) is 42.3 Å². The van der Waals surface area contributed by atoms with E-state index in [2.05, 4.69) is 0 Å². The normalized spacial score (nSPS) is 16.7. The molecule has 28 heavy (non-hydrogen) atoms. The Hall–Kier alpha value is -2.29. The molecule has 0 saturated carbocycles. The van der Waals surface area contributed by atoms with E-state index in [0.29, 0.717) is 5.69 Å². The van der Waals surface area contributed by atoms with Crippen LogP contribution in [0.2, 0.25) is 10.0 Å². The lowest BCUT2D eigenvalue weighted by atomic mass is 10.2. The summed E-state index contributed by atoms with van der Waals surface area (Å²) < 4.78 is 32.8. The van der Waals surface area contributed by atoms with Gasteiger partial charge in [-0.2, -0.15) is 0 Å². The average molecular weight is 443 g/mol. The molecule has 0 aliphatic carbocycles. The molecule has 0 saturated heterocycles. The van der Waals surface area contributed by atoms with Crippen LogP contribution in [0.4, 0.5) is 11.4 Å². The summed E-state index contributed by atoms with van der Waals surface area (Å²) in [6.07, 6.45) is -1.69. The highest BCUT2D eigenvalue weighted by molar-refractivity contribution is 7.93. The zero-order valence-corrected chi connectivity index (χ0v) is 17.3. The molecule has 0 aromatic heterocycles. The monoisotopic (exact) mass is 442 g/mol. The number of hydrogen-bond acceptors (Lipinski definition) is 5. The standard InChI is InChI=1S/C18H16Cl2N2O5S/c1-3-16(23)27-18-17(24)21(2)14-6-4-5-7-15(14)22(18)28(25,26)11-8-9-12(19)13(20)10-11/h4-10,18H,3H2,1-2H3. The molecule has 1 aliphatic rings. The molecule has 3 rings (SSSR count). The highest BCUT2D eigenvalue weighted by Crippen LogP contribution is 2.40. The van der Waals surface area contributed by atoms with E-state index in [1.807, 2.05) is 0 Å². The van der Waals surface area contributed by atoms with Gasteiger partial charge in [-0.05, 0) is 30.3 Å². The minimum atomic E-state index is -4.31. The van der Waals surface area contributed by atoms with Gasteiger partial charge in [-0.15, -0.1) is 0 Å². The van der Waals surface area contributed by atoms with Gasteiger partial charge in [0.15, 0.2) is 0 Å². The number of fused-ring (bicyclic) bond motifs is 1. The fraction of sp³-hybridized carbons (Fsp3) is 0.222.